The Hall–Kier alpha value is -2.21. The normalized spacial score (nSPS) is 20.5. The van der Waals surface area contributed by atoms with E-state index in [4.69, 9.17) is 0 Å². The Morgan fingerprint density at radius 3 is 2.50 bits per heavy atom. The summed E-state index contributed by atoms with van der Waals surface area (Å²) in [7, 11) is 1.76. The monoisotopic (exact) mass is 343 g/mol. The van der Waals surface area contributed by atoms with Gasteiger partial charge in [0.25, 0.3) is 0 Å². The second kappa shape index (κ2) is 6.36. The smallest absolute Gasteiger partial charge is 0.232 e. The van der Waals surface area contributed by atoms with Crippen LogP contribution < -0.4 is 5.32 Å². The third-order valence-corrected chi connectivity index (χ3v) is 5.59. The number of hydrogen-bond acceptors (Lipinski definition) is 4. The maximum atomic E-state index is 12.8. The average molecular weight is 343 g/mol. The highest BCUT2D eigenvalue weighted by Crippen LogP contribution is 2.38. The third-order valence-electron chi connectivity index (χ3n) is 4.60. The number of likely N-dealkylation sites (tertiary alicyclic amines) is 1. The van der Waals surface area contributed by atoms with E-state index in [1.807, 2.05) is 45.0 Å². The van der Waals surface area contributed by atoms with Crippen molar-refractivity contribution < 1.29 is 9.59 Å². The van der Waals surface area contributed by atoms with Crippen molar-refractivity contribution >= 4 is 28.3 Å². The van der Waals surface area contributed by atoms with Gasteiger partial charge in [-0.3, -0.25) is 9.59 Å². The van der Waals surface area contributed by atoms with Crippen molar-refractivity contribution in [2.75, 3.05) is 12.4 Å². The fraction of sp³-hybridized carbons (Fsp3) is 0.389. The van der Waals surface area contributed by atoms with Gasteiger partial charge in [0, 0.05) is 18.3 Å². The van der Waals surface area contributed by atoms with Gasteiger partial charge in [0.2, 0.25) is 11.8 Å². The lowest BCUT2D eigenvalue weighted by Crippen LogP contribution is -2.30. The number of rotatable bonds is 3. The number of carbonyl (C=O) groups excluding carboxylic acids is 2. The molecule has 2 atom stereocenters. The van der Waals surface area contributed by atoms with Crippen molar-refractivity contribution in [2.45, 2.75) is 33.2 Å². The van der Waals surface area contributed by atoms with Crippen LogP contribution in [0, 0.1) is 26.7 Å². The summed E-state index contributed by atoms with van der Waals surface area (Å²) in [6.07, 6.45) is 0.226. The molecule has 2 amide bonds. The van der Waals surface area contributed by atoms with Gasteiger partial charge in [-0.1, -0.05) is 29.8 Å². The Balaban J connectivity index is 1.85. The van der Waals surface area contributed by atoms with E-state index in [1.54, 1.807) is 11.9 Å². The van der Waals surface area contributed by atoms with Crippen LogP contribution in [0.3, 0.4) is 0 Å². The SMILES string of the molecule is Cc1ccc([C@@H]2[C@H](C(=O)Nc3nc(C)c(C)s3)CC(=O)N2C)cc1. The van der Waals surface area contributed by atoms with Crippen LogP contribution in [0.5, 0.6) is 0 Å². The molecule has 0 saturated carbocycles. The highest BCUT2D eigenvalue weighted by atomic mass is 32.1. The second-order valence-corrected chi connectivity index (χ2v) is 7.52. The minimum atomic E-state index is -0.408. The van der Waals surface area contributed by atoms with Gasteiger partial charge in [-0.15, -0.1) is 11.3 Å². The molecule has 1 aliphatic rings. The summed E-state index contributed by atoms with van der Waals surface area (Å²) in [4.78, 5) is 32.1. The van der Waals surface area contributed by atoms with Crippen LogP contribution in [-0.4, -0.2) is 28.7 Å². The first-order valence-corrected chi connectivity index (χ1v) is 8.75. The summed E-state index contributed by atoms with van der Waals surface area (Å²) in [6, 6.07) is 7.77. The van der Waals surface area contributed by atoms with Crippen LogP contribution in [0.15, 0.2) is 24.3 Å². The second-order valence-electron chi connectivity index (χ2n) is 6.32. The number of nitrogens with one attached hydrogen (secondary N) is 1. The predicted molar refractivity (Wildman–Crippen MR) is 95.0 cm³/mol. The number of nitrogens with zero attached hydrogens (tertiary/aromatic N) is 2. The molecule has 1 N–H and O–H groups in total. The van der Waals surface area contributed by atoms with Crippen molar-refractivity contribution in [1.82, 2.24) is 9.88 Å². The van der Waals surface area contributed by atoms with Crippen LogP contribution in [0.2, 0.25) is 0 Å². The highest BCUT2D eigenvalue weighted by Gasteiger charge is 2.42. The Morgan fingerprint density at radius 2 is 1.92 bits per heavy atom. The number of hydrogen-bond donors (Lipinski definition) is 1. The van der Waals surface area contributed by atoms with Crippen molar-refractivity contribution in [3.8, 4) is 0 Å². The van der Waals surface area contributed by atoms with Crippen LogP contribution in [0.1, 0.15) is 34.2 Å². The first-order valence-electron chi connectivity index (χ1n) is 7.94. The third kappa shape index (κ3) is 3.06. The minimum absolute atomic E-state index is 0.00720. The molecule has 3 rings (SSSR count). The van der Waals surface area contributed by atoms with Crippen molar-refractivity contribution in [3.63, 3.8) is 0 Å². The number of carbonyl (C=O) groups is 2. The molecule has 1 fully saturated rings. The molecule has 2 heterocycles. The van der Waals surface area contributed by atoms with Gasteiger partial charge in [-0.25, -0.2) is 4.98 Å². The maximum Gasteiger partial charge on any atom is 0.232 e. The van der Waals surface area contributed by atoms with Gasteiger partial charge in [0.05, 0.1) is 17.7 Å². The molecule has 2 aromatic rings. The first kappa shape index (κ1) is 16.6. The molecular weight excluding hydrogens is 322 g/mol. The van der Waals surface area contributed by atoms with Crippen molar-refractivity contribution in [1.29, 1.82) is 0 Å². The summed E-state index contributed by atoms with van der Waals surface area (Å²) >= 11 is 1.46. The predicted octanol–water partition coefficient (Wildman–Crippen LogP) is 3.23. The van der Waals surface area contributed by atoms with Gasteiger partial charge in [0.1, 0.15) is 0 Å². The highest BCUT2D eigenvalue weighted by molar-refractivity contribution is 7.15. The molecule has 0 bridgehead atoms. The zero-order valence-corrected chi connectivity index (χ0v) is 15.1. The summed E-state index contributed by atoms with van der Waals surface area (Å²) in [5.41, 5.74) is 3.06. The van der Waals surface area contributed by atoms with Crippen LogP contribution >= 0.6 is 11.3 Å². The minimum Gasteiger partial charge on any atom is -0.338 e. The lowest BCUT2D eigenvalue weighted by Gasteiger charge is -2.24. The van der Waals surface area contributed by atoms with E-state index in [9.17, 15) is 9.59 Å². The van der Waals surface area contributed by atoms with E-state index >= 15 is 0 Å². The topological polar surface area (TPSA) is 62.3 Å². The van der Waals surface area contributed by atoms with E-state index in [0.29, 0.717) is 5.13 Å². The molecule has 1 aromatic heterocycles. The Kier molecular flexibility index (Phi) is 4.41. The number of aryl methyl sites for hydroxylation is 3. The Labute approximate surface area is 145 Å². The van der Waals surface area contributed by atoms with Gasteiger partial charge >= 0.3 is 0 Å². The van der Waals surface area contributed by atoms with E-state index in [-0.39, 0.29) is 24.3 Å². The summed E-state index contributed by atoms with van der Waals surface area (Å²) in [5.74, 6) is -0.561. The number of amides is 2. The fourth-order valence-corrected chi connectivity index (χ4v) is 3.87. The molecule has 0 radical (unpaired) electrons. The number of benzene rings is 1. The van der Waals surface area contributed by atoms with Gasteiger partial charge < -0.3 is 10.2 Å². The molecular formula is C18H21N3O2S. The molecule has 5 nitrogen and oxygen atoms in total. The maximum absolute atomic E-state index is 12.8. The van der Waals surface area contributed by atoms with Gasteiger partial charge in [-0.05, 0) is 26.3 Å². The molecule has 1 aliphatic heterocycles. The van der Waals surface area contributed by atoms with E-state index in [0.717, 1.165) is 21.7 Å². The van der Waals surface area contributed by atoms with Gasteiger partial charge in [0.15, 0.2) is 5.13 Å². The Bertz CT molecular complexity index is 763. The first-order chi connectivity index (χ1) is 11.4. The van der Waals surface area contributed by atoms with E-state index in [2.05, 4.69) is 10.3 Å². The van der Waals surface area contributed by atoms with Crippen LogP contribution in [0.4, 0.5) is 5.13 Å². The van der Waals surface area contributed by atoms with Crippen LogP contribution in [-0.2, 0) is 9.59 Å². The van der Waals surface area contributed by atoms with Crippen molar-refractivity contribution in [3.05, 3.63) is 46.0 Å². The standard InChI is InChI=1S/C18H21N3O2S/c1-10-5-7-13(8-6-10)16-14(9-15(22)21(16)4)17(23)20-18-19-11(2)12(3)24-18/h5-8,14,16H,9H2,1-4H3,(H,19,20,23)/t14-,16-/m1/s1. The number of thiazole rings is 1. The van der Waals surface area contributed by atoms with Crippen molar-refractivity contribution in [2.24, 2.45) is 5.92 Å². The molecule has 1 aromatic carbocycles. The Morgan fingerprint density at radius 1 is 1.25 bits per heavy atom. The molecule has 1 saturated heterocycles. The summed E-state index contributed by atoms with van der Waals surface area (Å²) in [5, 5.41) is 3.48. The lowest BCUT2D eigenvalue weighted by atomic mass is 9.92. The largest absolute Gasteiger partial charge is 0.338 e. The van der Waals surface area contributed by atoms with E-state index in [1.165, 1.54) is 11.3 Å². The molecule has 6 heteroatoms. The number of anilines is 1. The number of aromatic nitrogens is 1. The van der Waals surface area contributed by atoms with Crippen LogP contribution in [0.25, 0.3) is 0 Å². The van der Waals surface area contributed by atoms with Gasteiger partial charge in [-0.2, -0.15) is 0 Å². The molecule has 0 spiro atoms. The summed E-state index contributed by atoms with van der Waals surface area (Å²) < 4.78 is 0. The average Bonchev–Trinajstić information content (AvgIpc) is 3.00. The zero-order chi connectivity index (χ0) is 17.4. The zero-order valence-electron chi connectivity index (χ0n) is 14.3. The lowest BCUT2D eigenvalue weighted by molar-refractivity contribution is -0.127. The fourth-order valence-electron chi connectivity index (χ4n) is 3.05. The quantitative estimate of drug-likeness (QED) is 0.931. The molecule has 24 heavy (non-hydrogen) atoms. The molecule has 0 unspecified atom stereocenters. The van der Waals surface area contributed by atoms with E-state index < -0.39 is 5.92 Å². The molecule has 0 aliphatic carbocycles. The molecule has 126 valence electrons. The summed E-state index contributed by atoms with van der Waals surface area (Å²) in [6.45, 7) is 5.92.